The van der Waals surface area contributed by atoms with Gasteiger partial charge < -0.3 is 5.32 Å². The van der Waals surface area contributed by atoms with Crippen molar-refractivity contribution in [3.05, 3.63) is 113 Å². The maximum Gasteiger partial charge on any atom is 0.0661 e. The third-order valence-electron chi connectivity index (χ3n) is 6.49. The van der Waals surface area contributed by atoms with Crippen LogP contribution in [0, 0.1) is 27.7 Å². The zero-order chi connectivity index (χ0) is 25.8. The molecule has 0 aliphatic carbocycles. The Balaban J connectivity index is 0.000000266. The van der Waals surface area contributed by atoms with Gasteiger partial charge in [-0.05, 0) is 86.9 Å². The number of nitrogens with one attached hydrogen (secondary N) is 1. The summed E-state index contributed by atoms with van der Waals surface area (Å²) in [7, 11) is 0. The van der Waals surface area contributed by atoms with Crippen LogP contribution in [0.2, 0.25) is 0 Å². The SMILES string of the molecule is C=CCC(C)(CCCC)NC(=C)Sc1cccc(C)c1C.Cc1ccccc1-c1ccccc1C. The van der Waals surface area contributed by atoms with Gasteiger partial charge in [-0.15, -0.1) is 6.58 Å². The fourth-order valence-corrected chi connectivity index (χ4v) is 5.20. The lowest BCUT2D eigenvalue weighted by Gasteiger charge is -2.32. The van der Waals surface area contributed by atoms with Gasteiger partial charge in [-0.2, -0.15) is 0 Å². The molecule has 186 valence electrons. The number of hydrogen-bond acceptors (Lipinski definition) is 2. The molecule has 0 saturated carbocycles. The zero-order valence-electron chi connectivity index (χ0n) is 22.6. The third kappa shape index (κ3) is 8.78. The fourth-order valence-electron chi connectivity index (χ4n) is 4.18. The molecule has 3 aromatic rings. The second-order valence-corrected chi connectivity index (χ2v) is 10.8. The first kappa shape index (κ1) is 28.5. The van der Waals surface area contributed by atoms with Crippen molar-refractivity contribution in [2.75, 3.05) is 0 Å². The van der Waals surface area contributed by atoms with Crippen LogP contribution in [0.25, 0.3) is 11.1 Å². The molecule has 1 atom stereocenters. The molecule has 0 aliphatic heterocycles. The number of aryl methyl sites for hydroxylation is 3. The Labute approximate surface area is 218 Å². The van der Waals surface area contributed by atoms with Crippen LogP contribution in [0.1, 0.15) is 61.8 Å². The molecule has 0 aromatic heterocycles. The average molecular weight is 486 g/mol. The highest BCUT2D eigenvalue weighted by Crippen LogP contribution is 2.31. The van der Waals surface area contributed by atoms with Gasteiger partial charge in [0.15, 0.2) is 0 Å². The minimum atomic E-state index is 0.0551. The Morgan fingerprint density at radius 3 is 1.91 bits per heavy atom. The molecule has 0 amide bonds. The van der Waals surface area contributed by atoms with Crippen molar-refractivity contribution in [3.8, 4) is 11.1 Å². The van der Waals surface area contributed by atoms with Gasteiger partial charge in [0.1, 0.15) is 0 Å². The molecule has 1 N–H and O–H groups in total. The zero-order valence-corrected chi connectivity index (χ0v) is 23.4. The van der Waals surface area contributed by atoms with E-state index in [9.17, 15) is 0 Å². The van der Waals surface area contributed by atoms with Gasteiger partial charge >= 0.3 is 0 Å². The quantitative estimate of drug-likeness (QED) is 0.226. The van der Waals surface area contributed by atoms with Gasteiger partial charge in [0.2, 0.25) is 0 Å². The van der Waals surface area contributed by atoms with E-state index in [4.69, 9.17) is 0 Å². The van der Waals surface area contributed by atoms with Crippen molar-refractivity contribution >= 4 is 11.8 Å². The predicted molar refractivity (Wildman–Crippen MR) is 158 cm³/mol. The van der Waals surface area contributed by atoms with Gasteiger partial charge in [-0.1, -0.05) is 105 Å². The summed E-state index contributed by atoms with van der Waals surface area (Å²) in [5.74, 6) is 0. The molecule has 0 spiro atoms. The summed E-state index contributed by atoms with van der Waals surface area (Å²) >= 11 is 1.73. The molecule has 35 heavy (non-hydrogen) atoms. The molecule has 2 heteroatoms. The largest absolute Gasteiger partial charge is 0.375 e. The highest BCUT2D eigenvalue weighted by Gasteiger charge is 2.22. The Hall–Kier alpha value is -2.71. The van der Waals surface area contributed by atoms with E-state index in [1.54, 1.807) is 11.8 Å². The molecule has 1 unspecified atom stereocenters. The molecular weight excluding hydrogens is 442 g/mol. The van der Waals surface area contributed by atoms with E-state index < -0.39 is 0 Å². The van der Waals surface area contributed by atoms with E-state index in [-0.39, 0.29) is 5.54 Å². The number of hydrogen-bond donors (Lipinski definition) is 1. The fraction of sp³-hybridized carbons (Fsp3) is 0.333. The van der Waals surface area contributed by atoms with Gasteiger partial charge in [-0.25, -0.2) is 0 Å². The minimum Gasteiger partial charge on any atom is -0.375 e. The van der Waals surface area contributed by atoms with Crippen molar-refractivity contribution in [3.63, 3.8) is 0 Å². The highest BCUT2D eigenvalue weighted by molar-refractivity contribution is 8.03. The van der Waals surface area contributed by atoms with Crippen LogP contribution in [0.4, 0.5) is 0 Å². The molecule has 0 bridgehead atoms. The van der Waals surface area contributed by atoms with Crippen LogP contribution < -0.4 is 5.32 Å². The van der Waals surface area contributed by atoms with Gasteiger partial charge in [0.05, 0.1) is 5.03 Å². The summed E-state index contributed by atoms with van der Waals surface area (Å²) in [6.45, 7) is 21.2. The lowest BCUT2D eigenvalue weighted by Crippen LogP contribution is -2.40. The molecule has 3 aromatic carbocycles. The van der Waals surface area contributed by atoms with Crippen LogP contribution in [0.5, 0.6) is 0 Å². The van der Waals surface area contributed by atoms with Crippen molar-refractivity contribution in [2.45, 2.75) is 77.7 Å². The van der Waals surface area contributed by atoms with Gasteiger partial charge in [-0.3, -0.25) is 0 Å². The maximum absolute atomic E-state index is 4.21. The summed E-state index contributed by atoms with van der Waals surface area (Å²) < 4.78 is 0. The second-order valence-electron chi connectivity index (χ2n) is 9.64. The minimum absolute atomic E-state index is 0.0551. The highest BCUT2D eigenvalue weighted by atomic mass is 32.2. The summed E-state index contributed by atoms with van der Waals surface area (Å²) in [4.78, 5) is 1.28. The third-order valence-corrected chi connectivity index (χ3v) is 7.50. The van der Waals surface area contributed by atoms with Crippen molar-refractivity contribution in [2.24, 2.45) is 0 Å². The van der Waals surface area contributed by atoms with Crippen LogP contribution >= 0.6 is 11.8 Å². The van der Waals surface area contributed by atoms with Crippen LogP contribution in [0.15, 0.2) is 95.9 Å². The molecule has 0 radical (unpaired) electrons. The van der Waals surface area contributed by atoms with E-state index in [0.717, 1.165) is 17.9 Å². The van der Waals surface area contributed by atoms with Gasteiger partial charge in [0, 0.05) is 10.4 Å². The van der Waals surface area contributed by atoms with Crippen molar-refractivity contribution in [1.29, 1.82) is 0 Å². The van der Waals surface area contributed by atoms with Gasteiger partial charge in [0.25, 0.3) is 0 Å². The maximum atomic E-state index is 4.21. The van der Waals surface area contributed by atoms with E-state index in [1.165, 1.54) is 51.1 Å². The standard InChI is InChI=1S/C19H29NS.C14H14/c1-7-9-14-19(6,13-8-2)20-17(5)21-18-12-10-11-15(3)16(18)4;1-11-7-3-5-9-13(11)14-10-6-4-8-12(14)2/h8,10-12,20H,2,5,7,9,13-14H2,1,3-4,6H3;3-10H,1-2H3. The van der Waals surface area contributed by atoms with E-state index in [1.807, 2.05) is 6.08 Å². The number of benzene rings is 3. The molecule has 0 aliphatic rings. The van der Waals surface area contributed by atoms with Crippen molar-refractivity contribution < 1.29 is 0 Å². The Bertz CT molecular complexity index is 1070. The van der Waals surface area contributed by atoms with Crippen LogP contribution in [-0.2, 0) is 0 Å². The van der Waals surface area contributed by atoms with E-state index in [2.05, 4.69) is 127 Å². The first-order valence-electron chi connectivity index (χ1n) is 12.6. The predicted octanol–water partition coefficient (Wildman–Crippen LogP) is 9.95. The lowest BCUT2D eigenvalue weighted by molar-refractivity contribution is 0.361. The first-order valence-corrected chi connectivity index (χ1v) is 13.5. The summed E-state index contributed by atoms with van der Waals surface area (Å²) in [5, 5.41) is 4.64. The van der Waals surface area contributed by atoms with Crippen LogP contribution in [-0.4, -0.2) is 5.54 Å². The number of rotatable bonds is 10. The molecule has 0 fully saturated rings. The molecular formula is C33H43NS. The molecule has 3 rings (SSSR count). The monoisotopic (exact) mass is 485 g/mol. The summed E-state index contributed by atoms with van der Waals surface area (Å²) in [6.07, 6.45) is 6.53. The topological polar surface area (TPSA) is 12.0 Å². The smallest absolute Gasteiger partial charge is 0.0661 e. The Kier molecular flexibility index (Phi) is 11.4. The average Bonchev–Trinajstić information content (AvgIpc) is 2.82. The summed E-state index contributed by atoms with van der Waals surface area (Å²) in [6, 6.07) is 23.4. The van der Waals surface area contributed by atoms with E-state index >= 15 is 0 Å². The molecule has 0 heterocycles. The normalized spacial score (nSPS) is 12.2. The number of unbranched alkanes of at least 4 members (excludes halogenated alkanes) is 1. The molecule has 0 saturated heterocycles. The molecule has 1 nitrogen and oxygen atoms in total. The first-order chi connectivity index (χ1) is 16.7. The van der Waals surface area contributed by atoms with Crippen molar-refractivity contribution in [1.82, 2.24) is 5.32 Å². The van der Waals surface area contributed by atoms with Crippen LogP contribution in [0.3, 0.4) is 0 Å². The lowest BCUT2D eigenvalue weighted by atomic mass is 9.91. The van der Waals surface area contributed by atoms with E-state index in [0.29, 0.717) is 0 Å². The Morgan fingerprint density at radius 2 is 1.40 bits per heavy atom. The second kappa shape index (κ2) is 14.0. The Morgan fingerprint density at radius 1 is 0.857 bits per heavy atom. The number of thioether (sulfide) groups is 1. The summed E-state index contributed by atoms with van der Waals surface area (Å²) in [5.41, 5.74) is 8.07.